The number of thiazole rings is 1. The Bertz CT molecular complexity index is 1450. The second-order valence-corrected chi connectivity index (χ2v) is 12.8. The lowest BCUT2D eigenvalue weighted by Gasteiger charge is -2.53. The lowest BCUT2D eigenvalue weighted by molar-refractivity contribution is -0.129. The van der Waals surface area contributed by atoms with Gasteiger partial charge in [0, 0.05) is 31.0 Å². The highest BCUT2D eigenvalue weighted by Gasteiger charge is 2.43. The summed E-state index contributed by atoms with van der Waals surface area (Å²) in [5.74, 6) is 0.0553. The molecule has 0 aromatic carbocycles. The number of carbonyl (C=O) groups excluding carboxylic acids is 1. The van der Waals surface area contributed by atoms with Crippen molar-refractivity contribution >= 4 is 33.0 Å². The van der Waals surface area contributed by atoms with Gasteiger partial charge in [0.25, 0.3) is 5.91 Å². The summed E-state index contributed by atoms with van der Waals surface area (Å²) in [7, 11) is -3.43. The minimum atomic E-state index is -3.43. The first-order valence-corrected chi connectivity index (χ1v) is 15.3. The molecular weight excluding hydrogens is 542 g/mol. The quantitative estimate of drug-likeness (QED) is 0.351. The molecule has 5 heterocycles. The molecule has 206 valence electrons. The number of nitrogens with one attached hydrogen (secondary N) is 2. The number of anilines is 1. The number of amides is 1. The lowest BCUT2D eigenvalue weighted by atomic mass is 9.90. The Morgan fingerprint density at radius 3 is 2.79 bits per heavy atom. The molecule has 1 aliphatic carbocycles. The van der Waals surface area contributed by atoms with Crippen molar-refractivity contribution in [3.05, 3.63) is 47.6 Å². The van der Waals surface area contributed by atoms with Crippen LogP contribution >= 0.6 is 11.3 Å². The van der Waals surface area contributed by atoms with Gasteiger partial charge in [0.15, 0.2) is 5.01 Å². The molecule has 0 spiro atoms. The first-order chi connectivity index (χ1) is 18.9. The van der Waals surface area contributed by atoms with E-state index in [1.807, 2.05) is 6.92 Å². The first kappa shape index (κ1) is 26.0. The Kier molecular flexibility index (Phi) is 7.18. The number of nitrogens with zero attached hydrogens (tertiary/aromatic N) is 5. The summed E-state index contributed by atoms with van der Waals surface area (Å²) in [4.78, 5) is 33.8. The van der Waals surface area contributed by atoms with E-state index in [2.05, 4.69) is 34.9 Å². The van der Waals surface area contributed by atoms with Crippen LogP contribution in [-0.4, -0.2) is 82.9 Å². The van der Waals surface area contributed by atoms with Gasteiger partial charge >= 0.3 is 0 Å². The first-order valence-electron chi connectivity index (χ1n) is 12.9. The fraction of sp³-hybridized carbons (Fsp3) is 0.480. The van der Waals surface area contributed by atoms with Gasteiger partial charge in [0.05, 0.1) is 59.8 Å². The summed E-state index contributed by atoms with van der Waals surface area (Å²) in [5.41, 5.74) is 1.57. The summed E-state index contributed by atoms with van der Waals surface area (Å²) in [6.07, 6.45) is 8.69. The standard InChI is InChI=1S/C25H29N7O5S2/c1-2-37-23-11-26-9-20(29-23)22-10-28-25(38-22)24(33)30-21(12-32-16-8-17(32)14-36-13-16)19-7-15(5-6-27-19)31-39(34,35)18-3-4-18/h5-7,9-11,16-18,21H,2-4,8,12-14H2,1H3,(H,27,31)(H,30,33)/t16-,17+,21-/m0/s1. The summed E-state index contributed by atoms with van der Waals surface area (Å²) in [5, 5.41) is 3.02. The Labute approximate surface area is 230 Å². The van der Waals surface area contributed by atoms with Crippen LogP contribution in [0.1, 0.15) is 47.7 Å². The number of ether oxygens (including phenoxy) is 2. The Hall–Kier alpha value is -3.20. The number of hydrogen-bond acceptors (Lipinski definition) is 11. The van der Waals surface area contributed by atoms with Gasteiger partial charge in [-0.2, -0.15) is 0 Å². The van der Waals surface area contributed by atoms with Gasteiger partial charge in [-0.1, -0.05) is 0 Å². The number of rotatable bonds is 11. The third kappa shape index (κ3) is 5.73. The number of hydrogen-bond donors (Lipinski definition) is 2. The maximum absolute atomic E-state index is 13.4. The normalized spacial score (nSPS) is 21.6. The van der Waals surface area contributed by atoms with Gasteiger partial charge in [0.1, 0.15) is 5.69 Å². The van der Waals surface area contributed by atoms with Crippen molar-refractivity contribution in [2.24, 2.45) is 0 Å². The van der Waals surface area contributed by atoms with Crippen molar-refractivity contribution < 1.29 is 22.7 Å². The zero-order valence-electron chi connectivity index (χ0n) is 21.3. The molecule has 39 heavy (non-hydrogen) atoms. The molecule has 3 aromatic rings. The molecule has 3 fully saturated rings. The molecule has 2 N–H and O–H groups in total. The maximum atomic E-state index is 13.4. The Balaban J connectivity index is 1.22. The van der Waals surface area contributed by atoms with Crippen LogP contribution in [0, 0.1) is 0 Å². The van der Waals surface area contributed by atoms with E-state index in [0.29, 0.717) is 79.1 Å². The van der Waals surface area contributed by atoms with Crippen LogP contribution in [-0.2, 0) is 14.8 Å². The number of carbonyl (C=O) groups is 1. The lowest BCUT2D eigenvalue weighted by Crippen LogP contribution is -2.65. The molecule has 2 saturated heterocycles. The Morgan fingerprint density at radius 2 is 2.05 bits per heavy atom. The van der Waals surface area contributed by atoms with Gasteiger partial charge < -0.3 is 14.8 Å². The van der Waals surface area contributed by atoms with Crippen molar-refractivity contribution in [2.45, 2.75) is 49.6 Å². The largest absolute Gasteiger partial charge is 0.477 e. The number of sulfonamides is 1. The smallest absolute Gasteiger partial charge is 0.280 e. The zero-order valence-corrected chi connectivity index (χ0v) is 23.0. The number of aromatic nitrogens is 4. The van der Waals surface area contributed by atoms with E-state index in [9.17, 15) is 13.2 Å². The maximum Gasteiger partial charge on any atom is 0.280 e. The Morgan fingerprint density at radius 1 is 1.23 bits per heavy atom. The van der Waals surface area contributed by atoms with Crippen LogP contribution in [0.5, 0.6) is 5.88 Å². The molecule has 3 atom stereocenters. The van der Waals surface area contributed by atoms with E-state index in [1.54, 1.807) is 30.7 Å². The van der Waals surface area contributed by atoms with E-state index in [0.717, 1.165) is 6.42 Å². The fourth-order valence-corrected chi connectivity index (χ4v) is 7.02. The van der Waals surface area contributed by atoms with Crippen LogP contribution in [0.25, 0.3) is 10.6 Å². The zero-order chi connectivity index (χ0) is 27.0. The van der Waals surface area contributed by atoms with Crippen molar-refractivity contribution in [3.63, 3.8) is 0 Å². The van der Waals surface area contributed by atoms with E-state index in [-0.39, 0.29) is 16.2 Å². The molecule has 2 aliphatic heterocycles. The van der Waals surface area contributed by atoms with E-state index < -0.39 is 16.1 Å². The van der Waals surface area contributed by atoms with Crippen molar-refractivity contribution in [3.8, 4) is 16.5 Å². The molecule has 1 saturated carbocycles. The third-order valence-electron chi connectivity index (χ3n) is 7.02. The molecule has 1 amide bonds. The average molecular weight is 572 g/mol. The second-order valence-electron chi connectivity index (χ2n) is 9.82. The monoisotopic (exact) mass is 571 g/mol. The van der Waals surface area contributed by atoms with Crippen LogP contribution in [0.15, 0.2) is 36.9 Å². The molecule has 2 bridgehead atoms. The number of pyridine rings is 1. The molecule has 3 aliphatic rings. The molecule has 14 heteroatoms. The minimum absolute atomic E-state index is 0.274. The van der Waals surface area contributed by atoms with Gasteiger partial charge in [0.2, 0.25) is 15.9 Å². The highest BCUT2D eigenvalue weighted by molar-refractivity contribution is 7.93. The predicted octanol–water partition coefficient (Wildman–Crippen LogP) is 2.24. The van der Waals surface area contributed by atoms with Crippen molar-refractivity contribution in [2.75, 3.05) is 31.1 Å². The van der Waals surface area contributed by atoms with Crippen LogP contribution in [0.2, 0.25) is 0 Å². The highest BCUT2D eigenvalue weighted by Crippen LogP contribution is 2.34. The molecule has 6 rings (SSSR count). The average Bonchev–Trinajstić information content (AvgIpc) is 3.69. The second kappa shape index (κ2) is 10.8. The molecule has 0 unspecified atom stereocenters. The van der Waals surface area contributed by atoms with E-state index >= 15 is 0 Å². The van der Waals surface area contributed by atoms with E-state index in [4.69, 9.17) is 9.47 Å². The van der Waals surface area contributed by atoms with Crippen molar-refractivity contribution in [1.82, 2.24) is 30.2 Å². The van der Waals surface area contributed by atoms with Gasteiger partial charge in [-0.25, -0.2) is 18.4 Å². The summed E-state index contributed by atoms with van der Waals surface area (Å²) >= 11 is 1.21. The summed E-state index contributed by atoms with van der Waals surface area (Å²) in [6, 6.07) is 3.42. The molecule has 12 nitrogen and oxygen atoms in total. The van der Waals surface area contributed by atoms with Crippen LogP contribution in [0.3, 0.4) is 0 Å². The molecule has 3 aromatic heterocycles. The number of morpholine rings is 1. The fourth-order valence-electron chi connectivity index (χ4n) is 4.86. The van der Waals surface area contributed by atoms with Crippen molar-refractivity contribution in [1.29, 1.82) is 0 Å². The third-order valence-corrected chi connectivity index (χ3v) is 9.91. The molecular formula is C25H29N7O5S2. The minimum Gasteiger partial charge on any atom is -0.477 e. The van der Waals surface area contributed by atoms with E-state index in [1.165, 1.54) is 17.5 Å². The van der Waals surface area contributed by atoms with Gasteiger partial charge in [-0.05, 0) is 38.3 Å². The summed E-state index contributed by atoms with van der Waals surface area (Å²) < 4.78 is 38.7. The summed E-state index contributed by atoms with van der Waals surface area (Å²) in [6.45, 7) is 4.17. The van der Waals surface area contributed by atoms with Crippen LogP contribution < -0.4 is 14.8 Å². The van der Waals surface area contributed by atoms with Crippen LogP contribution in [0.4, 0.5) is 5.69 Å². The SMILES string of the molecule is CCOc1cncc(-c2cnc(C(=O)N[C@@H](CN3[C@@H]4COC[C@H]3C4)c3cc(NS(=O)(=O)C4CC4)ccn3)s2)n1. The predicted molar refractivity (Wildman–Crippen MR) is 144 cm³/mol. The topological polar surface area (TPSA) is 149 Å². The highest BCUT2D eigenvalue weighted by atomic mass is 32.2. The molecule has 0 radical (unpaired) electrons. The van der Waals surface area contributed by atoms with Gasteiger partial charge in [-0.3, -0.25) is 24.4 Å². The number of fused-ring (bicyclic) bond motifs is 2. The van der Waals surface area contributed by atoms with Gasteiger partial charge in [-0.15, -0.1) is 11.3 Å².